The Morgan fingerprint density at radius 1 is 1.38 bits per heavy atom. The fourth-order valence-corrected chi connectivity index (χ4v) is 3.63. The zero-order valence-corrected chi connectivity index (χ0v) is 11.0. The van der Waals surface area contributed by atoms with Crippen molar-refractivity contribution >= 4 is 0 Å². The van der Waals surface area contributed by atoms with Crippen LogP contribution >= 0.6 is 0 Å². The molecule has 1 saturated heterocycles. The summed E-state index contributed by atoms with van der Waals surface area (Å²) in [5.41, 5.74) is 8.12. The van der Waals surface area contributed by atoms with Crippen LogP contribution in [0, 0.1) is 11.3 Å². The molecule has 1 aliphatic carbocycles. The van der Waals surface area contributed by atoms with Gasteiger partial charge in [0.1, 0.15) is 0 Å². The van der Waals surface area contributed by atoms with E-state index in [0.717, 1.165) is 6.42 Å². The Hall–Kier alpha value is -0.340. The Balaban J connectivity index is 2.09. The van der Waals surface area contributed by atoms with Crippen molar-refractivity contribution in [2.75, 3.05) is 13.1 Å². The highest BCUT2D eigenvalue weighted by atomic mass is 15.2. The Labute approximate surface area is 99.9 Å². The Kier molecular flexibility index (Phi) is 3.15. The molecule has 0 aromatic carbocycles. The summed E-state index contributed by atoms with van der Waals surface area (Å²) in [6.45, 7) is 13.5. The number of nitrogens with zero attached hydrogens (tertiary/aromatic N) is 1. The first-order valence-corrected chi connectivity index (χ1v) is 6.65. The predicted octanol–water partition coefficient (Wildman–Crippen LogP) is 2.40. The molecular weight excluding hydrogens is 196 g/mol. The van der Waals surface area contributed by atoms with Crippen molar-refractivity contribution in [3.05, 3.63) is 12.2 Å². The summed E-state index contributed by atoms with van der Waals surface area (Å²) in [7, 11) is 0. The molecule has 92 valence electrons. The van der Waals surface area contributed by atoms with Crippen molar-refractivity contribution in [1.29, 1.82) is 0 Å². The van der Waals surface area contributed by atoms with E-state index in [1.54, 1.807) is 0 Å². The van der Waals surface area contributed by atoms with E-state index in [0.29, 0.717) is 18.0 Å². The Morgan fingerprint density at radius 3 is 2.31 bits per heavy atom. The van der Waals surface area contributed by atoms with Gasteiger partial charge in [-0.25, -0.2) is 0 Å². The maximum Gasteiger partial charge on any atom is 0.0163 e. The fraction of sp³-hybridized carbons (Fsp3) is 0.857. The fourth-order valence-electron chi connectivity index (χ4n) is 3.63. The minimum Gasteiger partial charge on any atom is -0.327 e. The summed E-state index contributed by atoms with van der Waals surface area (Å²) in [6, 6.07) is 1.01. The standard InChI is InChI=1S/C14H26N2/c1-10(2)16-7-5-14(6-8-16)12(4)9-11(3)13(14)15/h10-11,13H,4-9,15H2,1-3H3. The molecule has 1 heterocycles. The smallest absolute Gasteiger partial charge is 0.0163 e. The molecule has 2 fully saturated rings. The molecule has 0 amide bonds. The number of rotatable bonds is 1. The average Bonchev–Trinajstić information content (AvgIpc) is 2.45. The second-order valence-electron chi connectivity index (χ2n) is 6.10. The first-order valence-electron chi connectivity index (χ1n) is 6.65. The van der Waals surface area contributed by atoms with Crippen molar-refractivity contribution in [1.82, 2.24) is 4.90 Å². The van der Waals surface area contributed by atoms with Crippen LogP contribution < -0.4 is 5.73 Å². The molecule has 2 unspecified atom stereocenters. The highest BCUT2D eigenvalue weighted by Crippen LogP contribution is 2.51. The van der Waals surface area contributed by atoms with Crippen LogP contribution in [0.1, 0.15) is 40.0 Å². The van der Waals surface area contributed by atoms with Gasteiger partial charge in [-0.15, -0.1) is 0 Å². The normalized spacial score (nSPS) is 35.2. The maximum absolute atomic E-state index is 6.42. The second kappa shape index (κ2) is 4.15. The predicted molar refractivity (Wildman–Crippen MR) is 69.3 cm³/mol. The number of likely N-dealkylation sites (tertiary alicyclic amines) is 1. The first kappa shape index (κ1) is 12.1. The molecule has 2 N–H and O–H groups in total. The van der Waals surface area contributed by atoms with Crippen LogP contribution in [-0.2, 0) is 0 Å². The summed E-state index contributed by atoms with van der Waals surface area (Å²) in [5, 5.41) is 0. The van der Waals surface area contributed by atoms with Gasteiger partial charge in [-0.3, -0.25) is 0 Å². The van der Waals surface area contributed by atoms with Crippen LogP contribution in [0.3, 0.4) is 0 Å². The number of hydrogen-bond donors (Lipinski definition) is 1. The lowest BCUT2D eigenvalue weighted by Gasteiger charge is -2.44. The monoisotopic (exact) mass is 222 g/mol. The Bertz CT molecular complexity index is 274. The van der Waals surface area contributed by atoms with Gasteiger partial charge in [-0.05, 0) is 52.1 Å². The lowest BCUT2D eigenvalue weighted by molar-refractivity contribution is 0.0936. The first-order chi connectivity index (χ1) is 7.47. The molecule has 0 aromatic rings. The third-order valence-corrected chi connectivity index (χ3v) is 4.94. The lowest BCUT2D eigenvalue weighted by atomic mass is 9.71. The molecule has 0 bridgehead atoms. The van der Waals surface area contributed by atoms with Crippen LogP contribution in [0.5, 0.6) is 0 Å². The van der Waals surface area contributed by atoms with Crippen LogP contribution in [0.25, 0.3) is 0 Å². The summed E-state index contributed by atoms with van der Waals surface area (Å²) >= 11 is 0. The molecule has 2 aliphatic rings. The van der Waals surface area contributed by atoms with Crippen LogP contribution in [0.15, 0.2) is 12.2 Å². The van der Waals surface area contributed by atoms with Crippen molar-refractivity contribution in [2.45, 2.75) is 52.1 Å². The van der Waals surface area contributed by atoms with Gasteiger partial charge < -0.3 is 10.6 Å². The molecule has 2 atom stereocenters. The van der Waals surface area contributed by atoms with E-state index in [4.69, 9.17) is 5.73 Å². The van der Waals surface area contributed by atoms with Gasteiger partial charge in [0.15, 0.2) is 0 Å². The highest BCUT2D eigenvalue weighted by molar-refractivity contribution is 5.23. The molecule has 2 heteroatoms. The average molecular weight is 222 g/mol. The quantitative estimate of drug-likeness (QED) is 0.690. The molecular formula is C14H26N2. The van der Waals surface area contributed by atoms with E-state index in [2.05, 4.69) is 32.3 Å². The molecule has 0 radical (unpaired) electrons. The summed E-state index contributed by atoms with van der Waals surface area (Å²) in [4.78, 5) is 2.56. The molecule has 2 nitrogen and oxygen atoms in total. The molecule has 0 aromatic heterocycles. The topological polar surface area (TPSA) is 29.3 Å². The van der Waals surface area contributed by atoms with Crippen LogP contribution in [0.4, 0.5) is 0 Å². The van der Waals surface area contributed by atoms with Crippen molar-refractivity contribution in [2.24, 2.45) is 17.1 Å². The maximum atomic E-state index is 6.42. The van der Waals surface area contributed by atoms with E-state index in [-0.39, 0.29) is 5.41 Å². The molecule has 2 rings (SSSR count). The lowest BCUT2D eigenvalue weighted by Crippen LogP contribution is -2.50. The van der Waals surface area contributed by atoms with E-state index < -0.39 is 0 Å². The Morgan fingerprint density at radius 2 is 1.94 bits per heavy atom. The van der Waals surface area contributed by atoms with Gasteiger partial charge in [0.05, 0.1) is 0 Å². The second-order valence-corrected chi connectivity index (χ2v) is 6.10. The van der Waals surface area contributed by atoms with E-state index in [1.165, 1.54) is 31.5 Å². The zero-order valence-electron chi connectivity index (χ0n) is 11.0. The molecule has 1 aliphatic heterocycles. The van der Waals surface area contributed by atoms with Gasteiger partial charge in [-0.1, -0.05) is 19.1 Å². The third-order valence-electron chi connectivity index (χ3n) is 4.94. The largest absolute Gasteiger partial charge is 0.327 e. The SMILES string of the molecule is C=C1CC(C)C(N)C12CCN(C(C)C)CC2. The van der Waals surface area contributed by atoms with Crippen molar-refractivity contribution < 1.29 is 0 Å². The summed E-state index contributed by atoms with van der Waals surface area (Å²) < 4.78 is 0. The zero-order chi connectivity index (χ0) is 11.9. The molecule has 1 saturated carbocycles. The van der Waals surface area contributed by atoms with E-state index in [1.807, 2.05) is 0 Å². The van der Waals surface area contributed by atoms with Gasteiger partial charge in [0, 0.05) is 17.5 Å². The number of piperidine rings is 1. The van der Waals surface area contributed by atoms with Crippen molar-refractivity contribution in [3.63, 3.8) is 0 Å². The van der Waals surface area contributed by atoms with Crippen molar-refractivity contribution in [3.8, 4) is 0 Å². The number of hydrogen-bond acceptors (Lipinski definition) is 2. The van der Waals surface area contributed by atoms with Crippen LogP contribution in [0.2, 0.25) is 0 Å². The number of nitrogens with two attached hydrogens (primary N) is 1. The van der Waals surface area contributed by atoms with E-state index >= 15 is 0 Å². The highest BCUT2D eigenvalue weighted by Gasteiger charge is 2.48. The summed E-state index contributed by atoms with van der Waals surface area (Å²) in [6.07, 6.45) is 3.58. The molecule has 1 spiro atoms. The molecule has 16 heavy (non-hydrogen) atoms. The van der Waals surface area contributed by atoms with Crippen LogP contribution in [-0.4, -0.2) is 30.1 Å². The summed E-state index contributed by atoms with van der Waals surface area (Å²) in [5.74, 6) is 0.623. The minimum absolute atomic E-state index is 0.269. The minimum atomic E-state index is 0.269. The van der Waals surface area contributed by atoms with Gasteiger partial charge in [-0.2, -0.15) is 0 Å². The third kappa shape index (κ3) is 1.72. The van der Waals surface area contributed by atoms with Gasteiger partial charge in [0.25, 0.3) is 0 Å². The van der Waals surface area contributed by atoms with Gasteiger partial charge >= 0.3 is 0 Å². The van der Waals surface area contributed by atoms with Gasteiger partial charge in [0.2, 0.25) is 0 Å². The van der Waals surface area contributed by atoms with E-state index in [9.17, 15) is 0 Å².